The van der Waals surface area contributed by atoms with Gasteiger partial charge in [-0.1, -0.05) is 6.07 Å². The van der Waals surface area contributed by atoms with Crippen molar-refractivity contribution in [2.24, 2.45) is 0 Å². The van der Waals surface area contributed by atoms with Crippen LogP contribution in [0.1, 0.15) is 20.8 Å². The van der Waals surface area contributed by atoms with E-state index in [-0.39, 0.29) is 11.5 Å². The Kier molecular flexibility index (Phi) is 7.70. The van der Waals surface area contributed by atoms with E-state index >= 15 is 0 Å². The zero-order chi connectivity index (χ0) is 17.7. The lowest BCUT2D eigenvalue weighted by molar-refractivity contribution is 0.157. The zero-order valence-electron chi connectivity index (χ0n) is 13.3. The van der Waals surface area contributed by atoms with Crippen molar-refractivity contribution in [1.82, 2.24) is 0 Å². The van der Waals surface area contributed by atoms with Crippen molar-refractivity contribution in [3.8, 4) is 0 Å². The predicted octanol–water partition coefficient (Wildman–Crippen LogP) is 3.87. The average Bonchev–Trinajstić information content (AvgIpc) is 2.44. The molecule has 0 aromatic heterocycles. The molecule has 132 valence electrons. The zero-order valence-corrected chi connectivity index (χ0v) is 15.8. The van der Waals surface area contributed by atoms with Crippen LogP contribution in [0.4, 0.5) is 4.39 Å². The van der Waals surface area contributed by atoms with E-state index in [1.807, 2.05) is 0 Å². The molecular formula is C13H20FO6PS2. The van der Waals surface area contributed by atoms with Gasteiger partial charge in [-0.3, -0.25) is 8.75 Å². The fraction of sp³-hybridized carbons (Fsp3) is 0.538. The quantitative estimate of drug-likeness (QED) is 0.362. The monoisotopic (exact) mass is 386 g/mol. The maximum Gasteiger partial charge on any atom is 0.357 e. The fourth-order valence-corrected chi connectivity index (χ4v) is 5.80. The Labute approximate surface area is 140 Å². The molecule has 0 amide bonds. The first-order valence-corrected chi connectivity index (χ1v) is 11.1. The Balaban J connectivity index is 3.05. The molecule has 0 heterocycles. The third-order valence-corrected chi connectivity index (χ3v) is 6.73. The summed E-state index contributed by atoms with van der Waals surface area (Å²) in [5, 5.41) is 0. The minimum absolute atomic E-state index is 0.0587. The summed E-state index contributed by atoms with van der Waals surface area (Å²) in [7, 11) is -8.21. The average molecular weight is 386 g/mol. The summed E-state index contributed by atoms with van der Waals surface area (Å²) in [5.74, 6) is -0.937. The van der Waals surface area contributed by atoms with Crippen LogP contribution in [0.25, 0.3) is 0 Å². The third kappa shape index (κ3) is 5.85. The summed E-state index contributed by atoms with van der Waals surface area (Å²) < 4.78 is 65.7. The number of hydrogen-bond donors (Lipinski definition) is 0. The second-order valence-corrected chi connectivity index (χ2v) is 9.00. The second kappa shape index (κ2) is 8.60. The molecule has 1 rings (SSSR count). The minimum Gasteiger partial charge on any atom is -0.307 e. The summed E-state index contributed by atoms with van der Waals surface area (Å²) in [5.41, 5.74) is 0. The largest absolute Gasteiger partial charge is 0.357 e. The highest BCUT2D eigenvalue weighted by molar-refractivity contribution is 7.99. The van der Waals surface area contributed by atoms with E-state index in [0.717, 1.165) is 17.8 Å². The van der Waals surface area contributed by atoms with Crippen LogP contribution in [0.15, 0.2) is 28.0 Å². The maximum absolute atomic E-state index is 13.9. The maximum atomic E-state index is 13.9. The van der Waals surface area contributed by atoms with Crippen LogP contribution in [-0.4, -0.2) is 33.7 Å². The molecule has 1 unspecified atom stereocenters. The molecule has 0 saturated heterocycles. The smallest absolute Gasteiger partial charge is 0.307 e. The van der Waals surface area contributed by atoms with E-state index in [4.69, 9.17) is 13.2 Å². The van der Waals surface area contributed by atoms with E-state index in [2.05, 4.69) is 0 Å². The summed E-state index contributed by atoms with van der Waals surface area (Å²) in [6.07, 6.45) is 0.346. The number of halogens is 1. The van der Waals surface area contributed by atoms with Gasteiger partial charge in [0.1, 0.15) is 10.7 Å². The van der Waals surface area contributed by atoms with E-state index in [1.165, 1.54) is 12.1 Å². The molecule has 0 saturated carbocycles. The molecule has 0 fully saturated rings. The molecule has 23 heavy (non-hydrogen) atoms. The van der Waals surface area contributed by atoms with Crippen molar-refractivity contribution in [3.63, 3.8) is 0 Å². The van der Waals surface area contributed by atoms with E-state index in [9.17, 15) is 17.4 Å². The van der Waals surface area contributed by atoms with Crippen molar-refractivity contribution in [2.45, 2.75) is 36.7 Å². The molecule has 0 N–H and O–H groups in total. The van der Waals surface area contributed by atoms with Crippen LogP contribution >= 0.6 is 19.4 Å². The van der Waals surface area contributed by atoms with Crippen molar-refractivity contribution in [2.75, 3.05) is 19.2 Å². The third-order valence-electron chi connectivity index (χ3n) is 2.46. The van der Waals surface area contributed by atoms with Gasteiger partial charge >= 0.3 is 17.7 Å². The lowest BCUT2D eigenvalue weighted by Gasteiger charge is -2.20. The second-order valence-electron chi connectivity index (χ2n) is 4.66. The van der Waals surface area contributed by atoms with E-state index < -0.39 is 40.9 Å². The van der Waals surface area contributed by atoms with Gasteiger partial charge in [0.2, 0.25) is 0 Å². The van der Waals surface area contributed by atoms with Gasteiger partial charge < -0.3 is 9.05 Å². The van der Waals surface area contributed by atoms with Crippen LogP contribution in [-0.2, 0) is 27.9 Å². The molecular weight excluding hydrogens is 366 g/mol. The van der Waals surface area contributed by atoms with Crippen LogP contribution < -0.4 is 0 Å². The van der Waals surface area contributed by atoms with Gasteiger partial charge in [0.15, 0.2) is 6.35 Å². The summed E-state index contributed by atoms with van der Waals surface area (Å²) in [6, 6.07) is 3.87. The summed E-state index contributed by atoms with van der Waals surface area (Å²) in [4.78, 5) is -0.388. The molecule has 0 aliphatic carbocycles. The van der Waals surface area contributed by atoms with E-state index in [1.54, 1.807) is 27.0 Å². The highest BCUT2D eigenvalue weighted by Crippen LogP contribution is 2.50. The van der Waals surface area contributed by atoms with Gasteiger partial charge in [0.25, 0.3) is 0 Å². The molecule has 10 heteroatoms. The van der Waals surface area contributed by atoms with Crippen LogP contribution in [0.3, 0.4) is 0 Å². The molecule has 0 bridgehead atoms. The number of benzene rings is 1. The van der Waals surface area contributed by atoms with Crippen LogP contribution in [0.5, 0.6) is 0 Å². The van der Waals surface area contributed by atoms with Crippen molar-refractivity contribution >= 4 is 29.5 Å². The lowest BCUT2D eigenvalue weighted by Crippen LogP contribution is -2.14. The number of rotatable bonds is 9. The topological polar surface area (TPSA) is 78.9 Å². The van der Waals surface area contributed by atoms with Crippen molar-refractivity contribution < 1.29 is 30.6 Å². The highest BCUT2D eigenvalue weighted by Gasteiger charge is 2.32. The van der Waals surface area contributed by atoms with Crippen molar-refractivity contribution in [3.05, 3.63) is 24.0 Å². The lowest BCUT2D eigenvalue weighted by atomic mass is 10.3. The van der Waals surface area contributed by atoms with Gasteiger partial charge in [-0.25, -0.2) is 4.39 Å². The standard InChI is InChI=1S/C13H20FO6PS2/c1-5-18-21(15,20-10(2)3)9-19-23(16,17)13-11(14)7-6-8-12(13)22-4/h6-8,10H,5,9H2,1-4H3. The predicted molar refractivity (Wildman–Crippen MR) is 86.8 cm³/mol. The minimum atomic E-state index is -4.45. The summed E-state index contributed by atoms with van der Waals surface area (Å²) in [6.45, 7) is 4.91. The molecule has 1 aromatic carbocycles. The van der Waals surface area contributed by atoms with Crippen LogP contribution in [0, 0.1) is 5.82 Å². The normalized spacial score (nSPS) is 14.9. The Morgan fingerprint density at radius 3 is 2.52 bits per heavy atom. The van der Waals surface area contributed by atoms with E-state index in [0.29, 0.717) is 0 Å². The highest BCUT2D eigenvalue weighted by atomic mass is 32.2. The van der Waals surface area contributed by atoms with Gasteiger partial charge in [0, 0.05) is 4.90 Å². The Morgan fingerprint density at radius 1 is 1.35 bits per heavy atom. The Bertz CT molecular complexity index is 677. The molecule has 0 radical (unpaired) electrons. The summed E-state index contributed by atoms with van der Waals surface area (Å²) >= 11 is 1.06. The van der Waals surface area contributed by atoms with Crippen molar-refractivity contribution in [1.29, 1.82) is 0 Å². The van der Waals surface area contributed by atoms with Gasteiger partial charge in [-0.15, -0.1) is 11.8 Å². The molecule has 6 nitrogen and oxygen atoms in total. The first-order valence-electron chi connectivity index (χ1n) is 6.79. The van der Waals surface area contributed by atoms with Gasteiger partial charge in [-0.05, 0) is 39.2 Å². The van der Waals surface area contributed by atoms with Crippen LogP contribution in [0.2, 0.25) is 0 Å². The first kappa shape index (κ1) is 20.6. The first-order chi connectivity index (χ1) is 10.6. The Hall–Kier alpha value is -0.440. The molecule has 0 aliphatic heterocycles. The SMILES string of the molecule is CCOP(=O)(COS(=O)(=O)c1c(F)cccc1SC)OC(C)C. The van der Waals surface area contributed by atoms with Gasteiger partial charge in [0.05, 0.1) is 12.7 Å². The fourth-order valence-electron chi connectivity index (χ4n) is 1.70. The number of thioether (sulfide) groups is 1. The molecule has 1 aromatic rings. The molecule has 0 aliphatic rings. The van der Waals surface area contributed by atoms with Gasteiger partial charge in [-0.2, -0.15) is 8.42 Å². The molecule has 1 atom stereocenters. The molecule has 0 spiro atoms. The number of hydrogen-bond acceptors (Lipinski definition) is 7. The Morgan fingerprint density at radius 2 is 2.00 bits per heavy atom.